The van der Waals surface area contributed by atoms with Gasteiger partial charge in [0.1, 0.15) is 0 Å². The topological polar surface area (TPSA) is 38.8 Å². The average Bonchev–Trinajstić information content (AvgIpc) is 3.29. The van der Waals surface area contributed by atoms with Crippen molar-refractivity contribution in [3.05, 3.63) is 65.2 Å². The second kappa shape index (κ2) is 10.1. The van der Waals surface area contributed by atoms with E-state index >= 15 is 0 Å². The summed E-state index contributed by atoms with van der Waals surface area (Å²) >= 11 is 0. The van der Waals surface area contributed by atoms with E-state index in [-0.39, 0.29) is 0 Å². The summed E-state index contributed by atoms with van der Waals surface area (Å²) in [7, 11) is 2.12. The lowest BCUT2D eigenvalue weighted by atomic mass is 10.0. The van der Waals surface area contributed by atoms with Crippen LogP contribution in [0.1, 0.15) is 36.0 Å². The number of nitrogens with zero attached hydrogens (tertiary/aromatic N) is 3. The molecule has 174 valence electrons. The van der Waals surface area contributed by atoms with Crippen molar-refractivity contribution in [3.8, 4) is 0 Å². The highest BCUT2D eigenvalue weighted by atomic mass is 16.2. The van der Waals surface area contributed by atoms with Gasteiger partial charge in [0.15, 0.2) is 0 Å². The minimum absolute atomic E-state index is 0.299. The Labute approximate surface area is 198 Å². The number of nitrogens with one attached hydrogen (secondary N) is 1. The Balaban J connectivity index is 1.09. The summed E-state index contributed by atoms with van der Waals surface area (Å²) in [4.78, 5) is 19.3. The lowest BCUT2D eigenvalue weighted by molar-refractivity contribution is -0.132. The Bertz CT molecular complexity index is 1000. The van der Waals surface area contributed by atoms with Crippen LogP contribution in [0.4, 0.5) is 5.69 Å². The second-order valence-corrected chi connectivity index (χ2v) is 9.75. The van der Waals surface area contributed by atoms with Crippen LogP contribution < -0.4 is 10.2 Å². The minimum Gasteiger partial charge on any atom is -0.371 e. The third kappa shape index (κ3) is 5.31. The van der Waals surface area contributed by atoms with Crippen LogP contribution in [0.25, 0.3) is 11.6 Å². The summed E-state index contributed by atoms with van der Waals surface area (Å²) in [6, 6.07) is 18.3. The van der Waals surface area contributed by atoms with Gasteiger partial charge in [-0.2, -0.15) is 0 Å². The number of fused-ring (bicyclic) bond motifs is 1. The van der Waals surface area contributed by atoms with Gasteiger partial charge in [0.2, 0.25) is 5.91 Å². The first-order valence-corrected chi connectivity index (χ1v) is 12.5. The van der Waals surface area contributed by atoms with Gasteiger partial charge < -0.3 is 20.0 Å². The molecule has 3 aliphatic rings. The standard InChI is InChI=1S/C28H36N4O/c1-30-15-17-32(18-16-30)28(33)9-12-29-26-10-13-31(14-11-26)27-8-4-7-24(21-27)25-19-22-5-2-3-6-23(22)20-25/h2-8,19,21,26,29H,9-18,20H2,1H3. The smallest absolute Gasteiger partial charge is 0.223 e. The fourth-order valence-corrected chi connectivity index (χ4v) is 5.31. The zero-order chi connectivity index (χ0) is 22.6. The Hall–Kier alpha value is -2.63. The summed E-state index contributed by atoms with van der Waals surface area (Å²) in [5.41, 5.74) is 6.87. The van der Waals surface area contributed by atoms with Gasteiger partial charge in [-0.05, 0) is 60.7 Å². The van der Waals surface area contributed by atoms with Crippen LogP contribution in [0.3, 0.4) is 0 Å². The predicted molar refractivity (Wildman–Crippen MR) is 136 cm³/mol. The average molecular weight is 445 g/mol. The van der Waals surface area contributed by atoms with Crippen LogP contribution in [-0.2, 0) is 11.2 Å². The van der Waals surface area contributed by atoms with Crippen molar-refractivity contribution in [1.82, 2.24) is 15.1 Å². The molecule has 2 aromatic carbocycles. The summed E-state index contributed by atoms with van der Waals surface area (Å²) in [5.74, 6) is 0.299. The molecule has 0 saturated carbocycles. The maximum Gasteiger partial charge on any atom is 0.223 e. The highest BCUT2D eigenvalue weighted by Gasteiger charge is 2.22. The van der Waals surface area contributed by atoms with Gasteiger partial charge in [-0.3, -0.25) is 4.79 Å². The lowest BCUT2D eigenvalue weighted by Gasteiger charge is -2.35. The van der Waals surface area contributed by atoms with Crippen molar-refractivity contribution in [3.63, 3.8) is 0 Å². The first-order chi connectivity index (χ1) is 16.2. The molecule has 2 heterocycles. The van der Waals surface area contributed by atoms with Crippen molar-refractivity contribution in [2.24, 2.45) is 0 Å². The van der Waals surface area contributed by atoms with E-state index in [0.717, 1.165) is 65.1 Å². The molecule has 0 bridgehead atoms. The molecule has 5 nitrogen and oxygen atoms in total. The molecule has 1 N–H and O–H groups in total. The summed E-state index contributed by atoms with van der Waals surface area (Å²) in [6.07, 6.45) is 6.23. The first kappa shape index (κ1) is 22.2. The monoisotopic (exact) mass is 444 g/mol. The summed E-state index contributed by atoms with van der Waals surface area (Å²) in [6.45, 7) is 6.64. The lowest BCUT2D eigenvalue weighted by Crippen LogP contribution is -2.48. The molecule has 0 spiro atoms. The number of hydrogen-bond acceptors (Lipinski definition) is 4. The van der Waals surface area contributed by atoms with Crippen molar-refractivity contribution >= 4 is 23.2 Å². The van der Waals surface area contributed by atoms with Crippen LogP contribution >= 0.6 is 0 Å². The number of piperazine rings is 1. The normalized spacial score (nSPS) is 19.5. The zero-order valence-electron chi connectivity index (χ0n) is 19.8. The molecule has 2 aromatic rings. The molecule has 0 aromatic heterocycles. The number of anilines is 1. The Kier molecular flexibility index (Phi) is 6.79. The van der Waals surface area contributed by atoms with Gasteiger partial charge in [-0.25, -0.2) is 0 Å². The molecule has 1 aliphatic carbocycles. The SMILES string of the molecule is CN1CCN(C(=O)CCNC2CCN(c3cccc(C4=Cc5ccccc5C4)c3)CC2)CC1. The van der Waals surface area contributed by atoms with E-state index < -0.39 is 0 Å². The number of benzene rings is 2. The molecule has 0 radical (unpaired) electrons. The molecule has 2 saturated heterocycles. The van der Waals surface area contributed by atoms with Crippen LogP contribution in [-0.4, -0.2) is 74.6 Å². The number of rotatable bonds is 6. The molecule has 33 heavy (non-hydrogen) atoms. The molecular formula is C28H36N4O. The van der Waals surface area contributed by atoms with Crippen LogP contribution in [0, 0.1) is 0 Å². The Morgan fingerprint density at radius 1 is 0.970 bits per heavy atom. The first-order valence-electron chi connectivity index (χ1n) is 12.5. The minimum atomic E-state index is 0.299. The maximum atomic E-state index is 12.5. The van der Waals surface area contributed by atoms with E-state index in [1.807, 2.05) is 4.90 Å². The van der Waals surface area contributed by atoms with Crippen molar-refractivity contribution < 1.29 is 4.79 Å². The van der Waals surface area contributed by atoms with Crippen molar-refractivity contribution in [2.45, 2.75) is 31.7 Å². The fraction of sp³-hybridized carbons (Fsp3) is 0.464. The second-order valence-electron chi connectivity index (χ2n) is 9.75. The number of amides is 1. The fourth-order valence-electron chi connectivity index (χ4n) is 5.31. The summed E-state index contributed by atoms with van der Waals surface area (Å²) < 4.78 is 0. The molecular weight excluding hydrogens is 408 g/mol. The van der Waals surface area contributed by atoms with E-state index in [9.17, 15) is 4.79 Å². The largest absolute Gasteiger partial charge is 0.371 e. The van der Waals surface area contributed by atoms with Crippen LogP contribution in [0.5, 0.6) is 0 Å². The van der Waals surface area contributed by atoms with E-state index in [1.165, 1.54) is 28.0 Å². The van der Waals surface area contributed by atoms with Gasteiger partial charge in [-0.1, -0.05) is 42.5 Å². The third-order valence-electron chi connectivity index (χ3n) is 7.47. The third-order valence-corrected chi connectivity index (χ3v) is 7.47. The number of carbonyl (C=O) groups excluding carboxylic acids is 1. The van der Waals surface area contributed by atoms with E-state index in [4.69, 9.17) is 0 Å². The summed E-state index contributed by atoms with van der Waals surface area (Å²) in [5, 5.41) is 3.64. The number of piperidine rings is 1. The molecule has 5 heteroatoms. The van der Waals surface area contributed by atoms with E-state index in [1.54, 1.807) is 0 Å². The Morgan fingerprint density at radius 3 is 2.55 bits per heavy atom. The van der Waals surface area contributed by atoms with Gasteiger partial charge in [-0.15, -0.1) is 0 Å². The van der Waals surface area contributed by atoms with Gasteiger partial charge in [0.25, 0.3) is 0 Å². The predicted octanol–water partition coefficient (Wildman–Crippen LogP) is 3.51. The van der Waals surface area contributed by atoms with Crippen LogP contribution in [0.2, 0.25) is 0 Å². The molecule has 0 atom stereocenters. The zero-order valence-corrected chi connectivity index (χ0v) is 19.8. The highest BCUT2D eigenvalue weighted by Crippen LogP contribution is 2.33. The van der Waals surface area contributed by atoms with Gasteiger partial charge >= 0.3 is 0 Å². The molecule has 2 fully saturated rings. The quantitative estimate of drug-likeness (QED) is 0.740. The Morgan fingerprint density at radius 2 is 1.76 bits per heavy atom. The molecule has 5 rings (SSSR count). The molecule has 1 amide bonds. The van der Waals surface area contributed by atoms with Crippen LogP contribution in [0.15, 0.2) is 48.5 Å². The number of hydrogen-bond donors (Lipinski definition) is 1. The molecule has 2 aliphatic heterocycles. The maximum absolute atomic E-state index is 12.5. The van der Waals surface area contributed by atoms with Gasteiger partial charge in [0.05, 0.1) is 0 Å². The number of allylic oxidation sites excluding steroid dienone is 1. The highest BCUT2D eigenvalue weighted by molar-refractivity contribution is 5.89. The van der Waals surface area contributed by atoms with Crippen molar-refractivity contribution in [2.75, 3.05) is 57.8 Å². The number of carbonyl (C=O) groups is 1. The number of likely N-dealkylation sites (N-methyl/N-ethyl adjacent to an activating group) is 1. The van der Waals surface area contributed by atoms with Gasteiger partial charge in [0, 0.05) is 64.0 Å². The van der Waals surface area contributed by atoms with E-state index in [0.29, 0.717) is 18.4 Å². The molecule has 0 unspecified atom stereocenters. The van der Waals surface area contributed by atoms with E-state index in [2.05, 4.69) is 76.8 Å². The van der Waals surface area contributed by atoms with Crippen molar-refractivity contribution in [1.29, 1.82) is 0 Å².